The Balaban J connectivity index is 1.86. The monoisotopic (exact) mass is 233 g/mol. The molecule has 2 rings (SSSR count). The van der Waals surface area contributed by atoms with Crippen molar-refractivity contribution in [2.75, 3.05) is 6.61 Å². The van der Waals surface area contributed by atoms with Gasteiger partial charge in [0.05, 0.1) is 0 Å². The highest BCUT2D eigenvalue weighted by molar-refractivity contribution is 5.28. The van der Waals surface area contributed by atoms with Crippen molar-refractivity contribution in [2.24, 2.45) is 0 Å². The van der Waals surface area contributed by atoms with E-state index in [4.69, 9.17) is 5.11 Å². The van der Waals surface area contributed by atoms with E-state index in [-0.39, 0.29) is 12.1 Å². The zero-order chi connectivity index (χ0) is 12.3. The Morgan fingerprint density at radius 1 is 1.24 bits per heavy atom. The molecule has 0 atom stereocenters. The van der Waals surface area contributed by atoms with Gasteiger partial charge in [0, 0.05) is 18.7 Å². The van der Waals surface area contributed by atoms with E-state index in [2.05, 4.69) is 43.4 Å². The fourth-order valence-electron chi connectivity index (χ4n) is 2.03. The Hall–Kier alpha value is -0.860. The molecule has 0 unspecified atom stereocenters. The van der Waals surface area contributed by atoms with Crippen molar-refractivity contribution in [1.82, 2.24) is 5.32 Å². The van der Waals surface area contributed by atoms with Crippen LogP contribution in [-0.4, -0.2) is 17.3 Å². The number of rotatable bonds is 6. The first-order chi connectivity index (χ1) is 8.11. The molecule has 0 spiro atoms. The number of nitrogens with one attached hydrogen (secondary N) is 1. The molecule has 94 valence electrons. The maximum absolute atomic E-state index is 8.96. The molecule has 2 nitrogen and oxygen atoms in total. The lowest BCUT2D eigenvalue weighted by Crippen LogP contribution is -2.39. The van der Waals surface area contributed by atoms with E-state index in [1.165, 1.54) is 24.0 Å². The summed E-state index contributed by atoms with van der Waals surface area (Å²) in [5, 5.41) is 12.4. The van der Waals surface area contributed by atoms with Gasteiger partial charge in [0.2, 0.25) is 0 Å². The molecular weight excluding hydrogens is 210 g/mol. The summed E-state index contributed by atoms with van der Waals surface area (Å²) in [6.07, 6.45) is 3.51. The summed E-state index contributed by atoms with van der Waals surface area (Å²) in [6, 6.07) is 8.95. The third kappa shape index (κ3) is 3.83. The van der Waals surface area contributed by atoms with Crippen molar-refractivity contribution in [3.63, 3.8) is 0 Å². The van der Waals surface area contributed by atoms with Gasteiger partial charge in [-0.25, -0.2) is 0 Å². The molecule has 0 aliphatic heterocycles. The third-order valence-corrected chi connectivity index (χ3v) is 3.54. The van der Waals surface area contributed by atoms with Gasteiger partial charge in [-0.1, -0.05) is 24.3 Å². The summed E-state index contributed by atoms with van der Waals surface area (Å²) >= 11 is 0. The van der Waals surface area contributed by atoms with Crippen LogP contribution in [0.4, 0.5) is 0 Å². The van der Waals surface area contributed by atoms with Gasteiger partial charge in [-0.3, -0.25) is 0 Å². The van der Waals surface area contributed by atoms with Crippen LogP contribution >= 0.6 is 0 Å². The quantitative estimate of drug-likeness (QED) is 0.792. The van der Waals surface area contributed by atoms with Crippen molar-refractivity contribution in [2.45, 2.75) is 51.1 Å². The number of hydrogen-bond acceptors (Lipinski definition) is 2. The second-order valence-corrected chi connectivity index (χ2v) is 5.73. The number of aliphatic hydroxyl groups is 1. The first kappa shape index (κ1) is 12.6. The lowest BCUT2D eigenvalue weighted by atomic mass is 10.0. The largest absolute Gasteiger partial charge is 0.396 e. The highest BCUT2D eigenvalue weighted by Gasteiger charge is 2.23. The third-order valence-electron chi connectivity index (χ3n) is 3.54. The van der Waals surface area contributed by atoms with Crippen LogP contribution in [0.15, 0.2) is 24.3 Å². The van der Waals surface area contributed by atoms with Gasteiger partial charge in [-0.2, -0.15) is 0 Å². The average Bonchev–Trinajstić information content (AvgIpc) is 3.11. The molecule has 2 heteroatoms. The van der Waals surface area contributed by atoms with Crippen molar-refractivity contribution < 1.29 is 5.11 Å². The van der Waals surface area contributed by atoms with Gasteiger partial charge in [0.25, 0.3) is 0 Å². The predicted molar refractivity (Wildman–Crippen MR) is 71.0 cm³/mol. The van der Waals surface area contributed by atoms with Gasteiger partial charge in [-0.15, -0.1) is 0 Å². The number of aliphatic hydroxyl groups excluding tert-OH is 1. The van der Waals surface area contributed by atoms with Crippen molar-refractivity contribution in [3.8, 4) is 0 Å². The van der Waals surface area contributed by atoms with E-state index >= 15 is 0 Å². The van der Waals surface area contributed by atoms with Crippen LogP contribution in [0.1, 0.15) is 50.2 Å². The molecular formula is C15H23NO. The van der Waals surface area contributed by atoms with Crippen LogP contribution in [0.3, 0.4) is 0 Å². The van der Waals surface area contributed by atoms with E-state index < -0.39 is 0 Å². The highest BCUT2D eigenvalue weighted by atomic mass is 16.3. The normalized spacial score (nSPS) is 16.2. The van der Waals surface area contributed by atoms with E-state index in [1.807, 2.05) is 0 Å². The lowest BCUT2D eigenvalue weighted by Gasteiger charge is -2.25. The Labute approximate surface area is 104 Å². The van der Waals surface area contributed by atoms with Gasteiger partial charge in [0.1, 0.15) is 0 Å². The molecule has 1 aliphatic rings. The Kier molecular flexibility index (Phi) is 3.85. The Bertz CT molecular complexity index is 352. The number of hydrogen-bond donors (Lipinski definition) is 2. The van der Waals surface area contributed by atoms with Crippen LogP contribution < -0.4 is 5.32 Å². The summed E-state index contributed by atoms with van der Waals surface area (Å²) in [4.78, 5) is 0. The van der Waals surface area contributed by atoms with Crippen LogP contribution in [-0.2, 0) is 6.54 Å². The maximum Gasteiger partial charge on any atom is 0.0448 e. The smallest absolute Gasteiger partial charge is 0.0448 e. The molecule has 1 aliphatic carbocycles. The lowest BCUT2D eigenvalue weighted by molar-refractivity contribution is 0.230. The molecule has 0 heterocycles. The molecule has 1 aromatic rings. The van der Waals surface area contributed by atoms with Gasteiger partial charge < -0.3 is 10.4 Å². The second-order valence-electron chi connectivity index (χ2n) is 5.73. The average molecular weight is 233 g/mol. The van der Waals surface area contributed by atoms with Crippen LogP contribution in [0, 0.1) is 0 Å². The molecule has 1 saturated carbocycles. The summed E-state index contributed by atoms with van der Waals surface area (Å²) < 4.78 is 0. The van der Waals surface area contributed by atoms with Gasteiger partial charge >= 0.3 is 0 Å². The van der Waals surface area contributed by atoms with E-state index in [0.717, 1.165) is 18.9 Å². The minimum absolute atomic E-state index is 0.00388. The zero-order valence-corrected chi connectivity index (χ0v) is 10.9. The van der Waals surface area contributed by atoms with Gasteiger partial charge in [-0.05, 0) is 50.2 Å². The fraction of sp³-hybridized carbons (Fsp3) is 0.600. The number of benzene rings is 1. The summed E-state index contributed by atoms with van der Waals surface area (Å²) in [6.45, 7) is 5.36. The minimum Gasteiger partial charge on any atom is -0.396 e. The molecule has 0 radical (unpaired) electrons. The SMILES string of the molecule is CC(C)(CCO)NCc1ccc(C2CC2)cc1. The van der Waals surface area contributed by atoms with Crippen molar-refractivity contribution in [3.05, 3.63) is 35.4 Å². The Morgan fingerprint density at radius 2 is 1.88 bits per heavy atom. The molecule has 0 amide bonds. The summed E-state index contributed by atoms with van der Waals surface area (Å²) in [5.74, 6) is 0.836. The fourth-order valence-corrected chi connectivity index (χ4v) is 2.03. The first-order valence-corrected chi connectivity index (χ1v) is 6.55. The molecule has 1 aromatic carbocycles. The topological polar surface area (TPSA) is 32.3 Å². The molecule has 1 fully saturated rings. The van der Waals surface area contributed by atoms with E-state index in [0.29, 0.717) is 0 Å². The van der Waals surface area contributed by atoms with Crippen LogP contribution in [0.5, 0.6) is 0 Å². The standard InChI is InChI=1S/C15H23NO/c1-15(2,9-10-17)16-11-12-3-5-13(6-4-12)14-7-8-14/h3-6,14,16-17H,7-11H2,1-2H3. The minimum atomic E-state index is 0.00388. The molecule has 0 bridgehead atoms. The van der Waals surface area contributed by atoms with Crippen LogP contribution in [0.2, 0.25) is 0 Å². The zero-order valence-electron chi connectivity index (χ0n) is 10.9. The van der Waals surface area contributed by atoms with Crippen molar-refractivity contribution in [1.29, 1.82) is 0 Å². The maximum atomic E-state index is 8.96. The molecule has 0 aromatic heterocycles. The van der Waals surface area contributed by atoms with E-state index in [1.54, 1.807) is 0 Å². The van der Waals surface area contributed by atoms with E-state index in [9.17, 15) is 0 Å². The predicted octanol–water partition coefficient (Wildman–Crippen LogP) is 2.81. The summed E-state index contributed by atoms with van der Waals surface area (Å²) in [5.41, 5.74) is 2.81. The van der Waals surface area contributed by atoms with Crippen LogP contribution in [0.25, 0.3) is 0 Å². The highest BCUT2D eigenvalue weighted by Crippen LogP contribution is 2.39. The first-order valence-electron chi connectivity index (χ1n) is 6.55. The second kappa shape index (κ2) is 5.19. The molecule has 0 saturated heterocycles. The molecule has 17 heavy (non-hydrogen) atoms. The van der Waals surface area contributed by atoms with Gasteiger partial charge in [0.15, 0.2) is 0 Å². The Morgan fingerprint density at radius 3 is 2.41 bits per heavy atom. The van der Waals surface area contributed by atoms with Crippen molar-refractivity contribution >= 4 is 0 Å². The molecule has 2 N–H and O–H groups in total. The summed E-state index contributed by atoms with van der Waals surface area (Å²) in [7, 11) is 0.